The number of carbonyl (C=O) groups excluding carboxylic acids is 1. The van der Waals surface area contributed by atoms with Gasteiger partial charge in [-0.1, -0.05) is 6.07 Å². The van der Waals surface area contributed by atoms with Gasteiger partial charge in [-0.2, -0.15) is 0 Å². The van der Waals surface area contributed by atoms with Crippen LogP contribution in [0.15, 0.2) is 23.1 Å². The van der Waals surface area contributed by atoms with E-state index < -0.39 is 10.0 Å². The van der Waals surface area contributed by atoms with Crippen molar-refractivity contribution < 1.29 is 13.2 Å². The summed E-state index contributed by atoms with van der Waals surface area (Å²) in [5.41, 5.74) is 2.40. The van der Waals surface area contributed by atoms with E-state index in [9.17, 15) is 13.2 Å². The molecule has 0 spiro atoms. The Kier molecular flexibility index (Phi) is 8.09. The van der Waals surface area contributed by atoms with E-state index in [-0.39, 0.29) is 37.3 Å². The van der Waals surface area contributed by atoms with Crippen LogP contribution in [-0.2, 0) is 27.7 Å². The first kappa shape index (κ1) is 22.1. The molecule has 152 valence electrons. The number of rotatable bonds is 6. The van der Waals surface area contributed by atoms with Crippen molar-refractivity contribution in [3.63, 3.8) is 0 Å². The highest BCUT2D eigenvalue weighted by Gasteiger charge is 2.22. The summed E-state index contributed by atoms with van der Waals surface area (Å²) in [4.78, 5) is 14.4. The maximum atomic E-state index is 12.5. The van der Waals surface area contributed by atoms with Crippen molar-refractivity contribution in [2.45, 2.75) is 55.9 Å². The van der Waals surface area contributed by atoms with Crippen LogP contribution in [0.4, 0.5) is 0 Å². The number of aryl methyl sites for hydroxylation is 2. The fourth-order valence-electron chi connectivity index (χ4n) is 3.83. The molecule has 0 aromatic heterocycles. The molecule has 0 bridgehead atoms. The molecule has 1 aliphatic carbocycles. The smallest absolute Gasteiger partial charge is 0.240 e. The minimum absolute atomic E-state index is 0. The summed E-state index contributed by atoms with van der Waals surface area (Å²) in [5.74, 6) is -0.00922. The number of carbonyl (C=O) groups is 1. The zero-order chi connectivity index (χ0) is 18.6. The molecule has 1 heterocycles. The molecule has 0 unspecified atom stereocenters. The SMILES string of the molecule is CN(C(=O)CCNS(=O)(=O)c1ccc2c(c1)CCCC2)C1CCNCC1.Cl. The van der Waals surface area contributed by atoms with Gasteiger partial charge in [0.05, 0.1) is 4.90 Å². The largest absolute Gasteiger partial charge is 0.343 e. The predicted octanol–water partition coefficient (Wildman–Crippen LogP) is 1.87. The molecule has 0 atom stereocenters. The van der Waals surface area contributed by atoms with Crippen molar-refractivity contribution in [2.24, 2.45) is 0 Å². The summed E-state index contributed by atoms with van der Waals surface area (Å²) < 4.78 is 27.6. The van der Waals surface area contributed by atoms with Crippen LogP contribution in [0.3, 0.4) is 0 Å². The van der Waals surface area contributed by atoms with Gasteiger partial charge in [0, 0.05) is 26.1 Å². The van der Waals surface area contributed by atoms with Crippen LogP contribution in [0.1, 0.15) is 43.2 Å². The van der Waals surface area contributed by atoms with Crippen LogP contribution in [0.5, 0.6) is 0 Å². The Balaban J connectivity index is 0.00000261. The Morgan fingerprint density at radius 1 is 1.19 bits per heavy atom. The topological polar surface area (TPSA) is 78.5 Å². The molecule has 27 heavy (non-hydrogen) atoms. The van der Waals surface area contributed by atoms with Gasteiger partial charge >= 0.3 is 0 Å². The number of nitrogens with one attached hydrogen (secondary N) is 2. The fraction of sp³-hybridized carbons (Fsp3) is 0.632. The molecule has 1 amide bonds. The Bertz CT molecular complexity index is 749. The third-order valence-corrected chi connectivity index (χ3v) is 6.97. The Labute approximate surface area is 168 Å². The number of benzene rings is 1. The van der Waals surface area contributed by atoms with Gasteiger partial charge in [0.1, 0.15) is 0 Å². The molecule has 3 rings (SSSR count). The van der Waals surface area contributed by atoms with Crippen molar-refractivity contribution in [1.82, 2.24) is 14.9 Å². The minimum atomic E-state index is -3.57. The molecule has 1 aromatic carbocycles. The van der Waals surface area contributed by atoms with Gasteiger partial charge < -0.3 is 10.2 Å². The highest BCUT2D eigenvalue weighted by atomic mass is 35.5. The lowest BCUT2D eigenvalue weighted by Crippen LogP contribution is -2.44. The first-order chi connectivity index (χ1) is 12.5. The van der Waals surface area contributed by atoms with E-state index in [4.69, 9.17) is 0 Å². The van der Waals surface area contributed by atoms with Gasteiger partial charge in [0.15, 0.2) is 0 Å². The summed E-state index contributed by atoms with van der Waals surface area (Å²) in [6.07, 6.45) is 6.33. The van der Waals surface area contributed by atoms with Gasteiger partial charge in [-0.15, -0.1) is 12.4 Å². The van der Waals surface area contributed by atoms with Crippen LogP contribution in [0.2, 0.25) is 0 Å². The number of halogens is 1. The molecule has 8 heteroatoms. The van der Waals surface area contributed by atoms with Gasteiger partial charge in [0.25, 0.3) is 0 Å². The number of hydrogen-bond donors (Lipinski definition) is 2. The van der Waals surface area contributed by atoms with Crippen LogP contribution in [-0.4, -0.2) is 51.9 Å². The van der Waals surface area contributed by atoms with E-state index in [2.05, 4.69) is 10.0 Å². The molecule has 0 radical (unpaired) electrons. The number of piperidine rings is 1. The van der Waals surface area contributed by atoms with E-state index in [1.807, 2.05) is 13.1 Å². The molecule has 6 nitrogen and oxygen atoms in total. The van der Waals surface area contributed by atoms with Crippen molar-refractivity contribution in [2.75, 3.05) is 26.7 Å². The highest BCUT2D eigenvalue weighted by Crippen LogP contribution is 2.24. The zero-order valence-electron chi connectivity index (χ0n) is 15.9. The Morgan fingerprint density at radius 2 is 1.85 bits per heavy atom. The van der Waals surface area contributed by atoms with E-state index in [1.165, 1.54) is 12.0 Å². The zero-order valence-corrected chi connectivity index (χ0v) is 17.5. The lowest BCUT2D eigenvalue weighted by Gasteiger charge is -2.31. The second kappa shape index (κ2) is 9.87. The quantitative estimate of drug-likeness (QED) is 0.743. The Hall–Kier alpha value is -1.15. The third kappa shape index (κ3) is 5.67. The van der Waals surface area contributed by atoms with E-state index in [0.29, 0.717) is 4.90 Å². The molecule has 2 aliphatic rings. The first-order valence-electron chi connectivity index (χ1n) is 9.55. The Morgan fingerprint density at radius 3 is 2.56 bits per heavy atom. The molecule has 0 saturated carbocycles. The highest BCUT2D eigenvalue weighted by molar-refractivity contribution is 7.89. The van der Waals surface area contributed by atoms with Gasteiger partial charge in [-0.05, 0) is 74.9 Å². The monoisotopic (exact) mass is 415 g/mol. The summed E-state index contributed by atoms with van der Waals surface area (Å²) in [6.45, 7) is 1.98. The molecule has 1 aliphatic heterocycles. The van der Waals surface area contributed by atoms with Crippen molar-refractivity contribution >= 4 is 28.3 Å². The average molecular weight is 416 g/mol. The van der Waals surface area contributed by atoms with E-state index >= 15 is 0 Å². The van der Waals surface area contributed by atoms with Gasteiger partial charge in [-0.3, -0.25) is 4.79 Å². The number of nitrogens with zero attached hydrogens (tertiary/aromatic N) is 1. The standard InChI is InChI=1S/C19H29N3O3S.ClH/c1-22(17-8-11-20-12-9-17)19(23)10-13-21-26(24,25)18-7-6-15-4-2-3-5-16(15)14-18;/h6-7,14,17,20-21H,2-5,8-13H2,1H3;1H. The van der Waals surface area contributed by atoms with Crippen LogP contribution < -0.4 is 10.0 Å². The van der Waals surface area contributed by atoms with E-state index in [1.54, 1.807) is 17.0 Å². The minimum Gasteiger partial charge on any atom is -0.343 e. The summed E-state index contributed by atoms with van der Waals surface area (Å²) in [6, 6.07) is 5.65. The molecule has 1 saturated heterocycles. The summed E-state index contributed by atoms with van der Waals surface area (Å²) in [7, 11) is -1.75. The first-order valence-corrected chi connectivity index (χ1v) is 11.0. The maximum absolute atomic E-state index is 12.5. The van der Waals surface area contributed by atoms with E-state index in [0.717, 1.165) is 50.8 Å². The number of amides is 1. The van der Waals surface area contributed by atoms with Crippen molar-refractivity contribution in [3.8, 4) is 0 Å². The summed E-state index contributed by atoms with van der Waals surface area (Å²) in [5, 5.41) is 3.28. The van der Waals surface area contributed by atoms with Crippen molar-refractivity contribution in [3.05, 3.63) is 29.3 Å². The summed E-state index contributed by atoms with van der Waals surface area (Å²) >= 11 is 0. The van der Waals surface area contributed by atoms with Gasteiger partial charge in [-0.25, -0.2) is 13.1 Å². The number of fused-ring (bicyclic) bond motifs is 1. The molecule has 2 N–H and O–H groups in total. The normalized spacial score (nSPS) is 17.7. The molecular formula is C19H30ClN3O3S. The predicted molar refractivity (Wildman–Crippen MR) is 109 cm³/mol. The fourth-order valence-corrected chi connectivity index (χ4v) is 4.91. The third-order valence-electron chi connectivity index (χ3n) is 5.51. The van der Waals surface area contributed by atoms with Crippen LogP contribution in [0, 0.1) is 0 Å². The number of sulfonamides is 1. The average Bonchev–Trinajstić information content (AvgIpc) is 2.67. The molecule has 1 fully saturated rings. The van der Waals surface area contributed by atoms with Crippen molar-refractivity contribution in [1.29, 1.82) is 0 Å². The number of hydrogen-bond acceptors (Lipinski definition) is 4. The molecular weight excluding hydrogens is 386 g/mol. The van der Waals surface area contributed by atoms with Crippen LogP contribution in [0.25, 0.3) is 0 Å². The lowest BCUT2D eigenvalue weighted by atomic mass is 9.92. The van der Waals surface area contributed by atoms with Crippen LogP contribution >= 0.6 is 12.4 Å². The second-order valence-electron chi connectivity index (χ2n) is 7.27. The van der Waals surface area contributed by atoms with Gasteiger partial charge in [0.2, 0.25) is 15.9 Å². The lowest BCUT2D eigenvalue weighted by molar-refractivity contribution is -0.132. The second-order valence-corrected chi connectivity index (χ2v) is 9.04. The maximum Gasteiger partial charge on any atom is 0.240 e. The molecule has 1 aromatic rings.